The summed E-state index contributed by atoms with van der Waals surface area (Å²) in [4.78, 5) is 23.8. The molecule has 0 saturated carbocycles. The van der Waals surface area contributed by atoms with Gasteiger partial charge in [0, 0.05) is 18.7 Å². The highest BCUT2D eigenvalue weighted by Crippen LogP contribution is 2.28. The lowest BCUT2D eigenvalue weighted by atomic mass is 10.1. The van der Waals surface area contributed by atoms with Gasteiger partial charge in [-0.2, -0.15) is 19.7 Å². The van der Waals surface area contributed by atoms with Crippen LogP contribution in [0, 0.1) is 0 Å². The van der Waals surface area contributed by atoms with E-state index in [1.807, 2.05) is 4.52 Å². The number of rotatable bonds is 4. The van der Waals surface area contributed by atoms with Gasteiger partial charge in [0.2, 0.25) is 0 Å². The van der Waals surface area contributed by atoms with E-state index in [2.05, 4.69) is 45.0 Å². The highest BCUT2D eigenvalue weighted by atomic mass is 16.1. The monoisotopic (exact) mass is 379 g/mol. The third-order valence-electron chi connectivity index (χ3n) is 5.92. The van der Waals surface area contributed by atoms with Crippen LogP contribution in [0.15, 0.2) is 23.3 Å². The van der Waals surface area contributed by atoms with Gasteiger partial charge in [-0.25, -0.2) is 9.67 Å². The second-order valence-electron chi connectivity index (χ2n) is 8.15. The van der Waals surface area contributed by atoms with Gasteiger partial charge in [0.1, 0.15) is 12.1 Å². The summed E-state index contributed by atoms with van der Waals surface area (Å²) in [6.45, 7) is 5.80. The SMILES string of the molecule is CC(C)c1cc(N2CCCC2Cn2nc3c(cc2=O)CCC3)n2ncnc2n1. The molecular formula is C20H25N7O. The first-order chi connectivity index (χ1) is 13.6. The molecule has 0 N–H and O–H groups in total. The standard InChI is InChI=1S/C20H25N7O/c1-13(2)17-10-18(27-20(23-17)21-12-22-27)25-8-4-6-15(25)11-26-19(28)9-14-5-3-7-16(14)24-26/h9-10,12-13,15H,3-8,11H2,1-2H3. The maximum absolute atomic E-state index is 12.6. The first-order valence-electron chi connectivity index (χ1n) is 10.2. The molecule has 8 heteroatoms. The van der Waals surface area contributed by atoms with E-state index in [1.165, 1.54) is 0 Å². The summed E-state index contributed by atoms with van der Waals surface area (Å²) in [7, 11) is 0. The van der Waals surface area contributed by atoms with Crippen LogP contribution >= 0.6 is 0 Å². The molecule has 2 aliphatic rings. The molecule has 146 valence electrons. The molecule has 3 aromatic rings. The van der Waals surface area contributed by atoms with Gasteiger partial charge >= 0.3 is 0 Å². The molecule has 1 aliphatic heterocycles. The minimum Gasteiger partial charge on any atom is -0.352 e. The van der Waals surface area contributed by atoms with Crippen LogP contribution in [0.5, 0.6) is 0 Å². The van der Waals surface area contributed by atoms with Crippen molar-refractivity contribution >= 4 is 11.6 Å². The molecule has 1 atom stereocenters. The molecule has 4 heterocycles. The average molecular weight is 379 g/mol. The van der Waals surface area contributed by atoms with Crippen LogP contribution in [0.25, 0.3) is 5.78 Å². The fourth-order valence-corrected chi connectivity index (χ4v) is 4.41. The Morgan fingerprint density at radius 1 is 1.21 bits per heavy atom. The van der Waals surface area contributed by atoms with Gasteiger partial charge in [-0.15, -0.1) is 0 Å². The Morgan fingerprint density at radius 2 is 2.11 bits per heavy atom. The number of anilines is 1. The molecule has 1 aliphatic carbocycles. The van der Waals surface area contributed by atoms with Crippen molar-refractivity contribution in [3.63, 3.8) is 0 Å². The topological polar surface area (TPSA) is 81.2 Å². The van der Waals surface area contributed by atoms with Crippen molar-refractivity contribution in [2.45, 2.75) is 64.5 Å². The predicted molar refractivity (Wildman–Crippen MR) is 106 cm³/mol. The number of aryl methyl sites for hydroxylation is 2. The van der Waals surface area contributed by atoms with E-state index < -0.39 is 0 Å². The molecule has 8 nitrogen and oxygen atoms in total. The van der Waals surface area contributed by atoms with E-state index in [1.54, 1.807) is 17.1 Å². The van der Waals surface area contributed by atoms with E-state index >= 15 is 0 Å². The first-order valence-corrected chi connectivity index (χ1v) is 10.2. The van der Waals surface area contributed by atoms with Crippen molar-refractivity contribution in [3.05, 3.63) is 45.8 Å². The first kappa shape index (κ1) is 17.3. The highest BCUT2D eigenvalue weighted by molar-refractivity contribution is 5.49. The molecule has 0 bridgehead atoms. The molecule has 0 spiro atoms. The molecule has 1 unspecified atom stereocenters. The quantitative estimate of drug-likeness (QED) is 0.689. The Bertz CT molecular complexity index is 1080. The number of hydrogen-bond acceptors (Lipinski definition) is 6. The molecule has 0 amide bonds. The Balaban J connectivity index is 1.51. The fraction of sp³-hybridized carbons (Fsp3) is 0.550. The van der Waals surface area contributed by atoms with E-state index in [0.29, 0.717) is 18.2 Å². The van der Waals surface area contributed by atoms with Crippen molar-refractivity contribution in [2.24, 2.45) is 0 Å². The maximum atomic E-state index is 12.6. The highest BCUT2D eigenvalue weighted by Gasteiger charge is 2.29. The van der Waals surface area contributed by atoms with Crippen LogP contribution in [0.4, 0.5) is 5.82 Å². The molecular weight excluding hydrogens is 354 g/mol. The zero-order valence-corrected chi connectivity index (χ0v) is 16.4. The second-order valence-corrected chi connectivity index (χ2v) is 8.15. The number of nitrogens with zero attached hydrogens (tertiary/aromatic N) is 7. The van der Waals surface area contributed by atoms with Crippen molar-refractivity contribution in [2.75, 3.05) is 11.4 Å². The van der Waals surface area contributed by atoms with Crippen molar-refractivity contribution in [1.82, 2.24) is 29.4 Å². The van der Waals surface area contributed by atoms with E-state index in [-0.39, 0.29) is 11.6 Å². The van der Waals surface area contributed by atoms with E-state index in [4.69, 9.17) is 0 Å². The van der Waals surface area contributed by atoms with Gasteiger partial charge < -0.3 is 4.90 Å². The smallest absolute Gasteiger partial charge is 0.267 e. The maximum Gasteiger partial charge on any atom is 0.267 e. The van der Waals surface area contributed by atoms with Crippen molar-refractivity contribution in [3.8, 4) is 0 Å². The molecule has 28 heavy (non-hydrogen) atoms. The van der Waals surface area contributed by atoms with Gasteiger partial charge in [-0.05, 0) is 43.6 Å². The Labute approximate surface area is 163 Å². The van der Waals surface area contributed by atoms with Crippen LogP contribution in [0.1, 0.15) is 56.0 Å². The summed E-state index contributed by atoms with van der Waals surface area (Å²) >= 11 is 0. The average Bonchev–Trinajstić information content (AvgIpc) is 3.41. The third kappa shape index (κ3) is 2.87. The molecule has 1 saturated heterocycles. The zero-order valence-electron chi connectivity index (χ0n) is 16.4. The Kier molecular flexibility index (Phi) is 4.14. The van der Waals surface area contributed by atoms with Crippen LogP contribution in [0.3, 0.4) is 0 Å². The molecule has 0 radical (unpaired) electrons. The van der Waals surface area contributed by atoms with Crippen LogP contribution in [-0.4, -0.2) is 41.9 Å². The summed E-state index contributed by atoms with van der Waals surface area (Å²) < 4.78 is 3.47. The molecule has 0 aromatic carbocycles. The third-order valence-corrected chi connectivity index (χ3v) is 5.92. The summed E-state index contributed by atoms with van der Waals surface area (Å²) in [6, 6.07) is 4.11. The molecule has 5 rings (SSSR count). The number of aromatic nitrogens is 6. The summed E-state index contributed by atoms with van der Waals surface area (Å²) in [6.07, 6.45) is 6.72. The van der Waals surface area contributed by atoms with Gasteiger partial charge in [0.25, 0.3) is 11.3 Å². The van der Waals surface area contributed by atoms with Crippen molar-refractivity contribution in [1.29, 1.82) is 0 Å². The van der Waals surface area contributed by atoms with Crippen LogP contribution in [-0.2, 0) is 19.4 Å². The van der Waals surface area contributed by atoms with Gasteiger partial charge in [-0.3, -0.25) is 4.79 Å². The minimum atomic E-state index is 0.0102. The lowest BCUT2D eigenvalue weighted by Gasteiger charge is -2.27. The van der Waals surface area contributed by atoms with Gasteiger partial charge in [-0.1, -0.05) is 13.8 Å². The predicted octanol–water partition coefficient (Wildman–Crippen LogP) is 1.96. The second kappa shape index (κ2) is 6.68. The van der Waals surface area contributed by atoms with Crippen LogP contribution in [0.2, 0.25) is 0 Å². The van der Waals surface area contributed by atoms with Crippen LogP contribution < -0.4 is 10.5 Å². The Morgan fingerprint density at radius 3 is 2.96 bits per heavy atom. The molecule has 1 fully saturated rings. The largest absolute Gasteiger partial charge is 0.352 e. The van der Waals surface area contributed by atoms with E-state index in [9.17, 15) is 4.79 Å². The summed E-state index contributed by atoms with van der Waals surface area (Å²) in [5.74, 6) is 1.94. The number of fused-ring (bicyclic) bond motifs is 2. The molecule has 3 aromatic heterocycles. The summed E-state index contributed by atoms with van der Waals surface area (Å²) in [5.41, 5.74) is 3.24. The van der Waals surface area contributed by atoms with Gasteiger partial charge in [0.05, 0.1) is 24.0 Å². The normalized spacial score (nSPS) is 19.1. The lowest BCUT2D eigenvalue weighted by molar-refractivity contribution is 0.480. The number of hydrogen-bond donors (Lipinski definition) is 0. The van der Waals surface area contributed by atoms with E-state index in [0.717, 1.165) is 61.4 Å². The minimum absolute atomic E-state index is 0.0102. The lowest BCUT2D eigenvalue weighted by Crippen LogP contribution is -2.38. The fourth-order valence-electron chi connectivity index (χ4n) is 4.41. The Hall–Kier alpha value is -2.77. The van der Waals surface area contributed by atoms with Crippen molar-refractivity contribution < 1.29 is 0 Å². The summed E-state index contributed by atoms with van der Waals surface area (Å²) in [5, 5.41) is 9.06. The zero-order chi connectivity index (χ0) is 19.3. The van der Waals surface area contributed by atoms with Gasteiger partial charge in [0.15, 0.2) is 0 Å².